The Morgan fingerprint density at radius 3 is 2.64 bits per heavy atom. The molecule has 0 atom stereocenters. The Morgan fingerprint density at radius 1 is 1.04 bits per heavy atom. The molecule has 2 aliphatic rings. The third-order valence-corrected chi connectivity index (χ3v) is 9.00. The summed E-state index contributed by atoms with van der Waals surface area (Å²) < 4.78 is 19.2. The third-order valence-electron chi connectivity index (χ3n) is 9.00. The van der Waals surface area contributed by atoms with E-state index in [-0.39, 0.29) is 11.4 Å². The van der Waals surface area contributed by atoms with Crippen LogP contribution >= 0.6 is 0 Å². The highest BCUT2D eigenvalue weighted by Crippen LogP contribution is 2.34. The van der Waals surface area contributed by atoms with Crippen molar-refractivity contribution in [1.29, 1.82) is 0 Å². The number of nitrogens with zero attached hydrogens (tertiary/aromatic N) is 4. The predicted molar refractivity (Wildman–Crippen MR) is 172 cm³/mol. The van der Waals surface area contributed by atoms with Gasteiger partial charge in [-0.15, -0.1) is 0 Å². The summed E-state index contributed by atoms with van der Waals surface area (Å²) in [6.07, 6.45) is 8.66. The number of hydrogen-bond donors (Lipinski definition) is 1. The summed E-state index contributed by atoms with van der Waals surface area (Å²) in [5, 5.41) is 13.7. The first-order valence-corrected chi connectivity index (χ1v) is 16.0. The van der Waals surface area contributed by atoms with Crippen LogP contribution in [0.2, 0.25) is 0 Å². The zero-order valence-electron chi connectivity index (χ0n) is 26.4. The molecule has 1 aliphatic carbocycles. The maximum Gasteiger partial charge on any atom is 0.342 e. The van der Waals surface area contributed by atoms with Gasteiger partial charge in [0.2, 0.25) is 5.88 Å². The van der Waals surface area contributed by atoms with Crippen LogP contribution < -0.4 is 9.47 Å². The Kier molecular flexibility index (Phi) is 9.47. The smallest absolute Gasteiger partial charge is 0.342 e. The molecule has 1 N–H and O–H groups in total. The Balaban J connectivity index is 1.14. The average Bonchev–Trinajstić information content (AvgIpc) is 3.51. The van der Waals surface area contributed by atoms with Gasteiger partial charge in [0.25, 0.3) is 0 Å². The highest BCUT2D eigenvalue weighted by molar-refractivity contribution is 5.90. The lowest BCUT2D eigenvalue weighted by molar-refractivity contribution is 0.00533. The number of carbonyl (C=O) groups is 1. The fraction of sp³-hybridized carbons (Fsp3) is 0.417. The average molecular weight is 611 g/mol. The Hall–Kier alpha value is -4.21. The summed E-state index contributed by atoms with van der Waals surface area (Å²) >= 11 is 0. The number of hydrogen-bond acceptors (Lipinski definition) is 7. The number of carboxylic acids is 1. The number of methoxy groups -OCH3 is 1. The van der Waals surface area contributed by atoms with Crippen LogP contribution in [0, 0.1) is 6.92 Å². The highest BCUT2D eigenvalue weighted by Gasteiger charge is 2.28. The number of aryl methyl sites for hydroxylation is 1. The van der Waals surface area contributed by atoms with Crippen molar-refractivity contribution in [2.75, 3.05) is 20.3 Å². The summed E-state index contributed by atoms with van der Waals surface area (Å²) in [4.78, 5) is 19.1. The van der Waals surface area contributed by atoms with Gasteiger partial charge in [-0.3, -0.25) is 4.90 Å². The van der Waals surface area contributed by atoms with E-state index in [1.807, 2.05) is 37.3 Å². The molecular weight excluding hydrogens is 568 g/mol. The maximum absolute atomic E-state index is 11.6. The molecule has 6 rings (SSSR count). The number of carboxylic acid groups (broad SMARTS) is 1. The van der Waals surface area contributed by atoms with Gasteiger partial charge in [-0.1, -0.05) is 43.3 Å². The minimum Gasteiger partial charge on any atom is -0.488 e. The standard InChI is InChI=1S/C36H42N4O5/c1-4-19-44-29-15-13-28(14-16-29)39-18-17-26-20-25(11-12-27(26)22-39)23-45-34-24(2)7-5-8-30(34)32-9-6-10-33(38-32)40-35(43-3)31(21-37-40)36(41)42/h5-12,20-21,28-29H,4,13-19,22-23H2,1-3H3,(H,41,42). The van der Waals surface area contributed by atoms with Gasteiger partial charge in [0.15, 0.2) is 5.82 Å². The lowest BCUT2D eigenvalue weighted by atomic mass is 9.89. The number of ether oxygens (including phenoxy) is 3. The SMILES string of the molecule is CCCOC1CCC(N2CCc3cc(COc4c(C)cccc4-c4cccc(-n5ncc(C(=O)O)c5OC)n4)ccc3C2)CC1. The maximum atomic E-state index is 11.6. The number of pyridine rings is 1. The molecule has 2 aromatic heterocycles. The molecule has 1 saturated carbocycles. The highest BCUT2D eigenvalue weighted by atomic mass is 16.5. The topological polar surface area (TPSA) is 98.9 Å². The number of benzene rings is 2. The molecule has 9 heteroatoms. The van der Waals surface area contributed by atoms with Crippen molar-refractivity contribution in [3.63, 3.8) is 0 Å². The molecule has 0 spiro atoms. The predicted octanol–water partition coefficient (Wildman–Crippen LogP) is 6.62. The quantitative estimate of drug-likeness (QED) is 0.202. The Morgan fingerprint density at radius 2 is 1.87 bits per heavy atom. The van der Waals surface area contributed by atoms with Gasteiger partial charge >= 0.3 is 5.97 Å². The van der Waals surface area contributed by atoms with Crippen molar-refractivity contribution in [2.24, 2.45) is 0 Å². The molecule has 1 fully saturated rings. The molecule has 0 saturated heterocycles. The molecule has 0 radical (unpaired) electrons. The van der Waals surface area contributed by atoms with Crippen LogP contribution in [0.25, 0.3) is 17.1 Å². The van der Waals surface area contributed by atoms with E-state index in [2.05, 4.69) is 35.1 Å². The molecule has 9 nitrogen and oxygen atoms in total. The number of aromatic nitrogens is 3. The second-order valence-electron chi connectivity index (χ2n) is 12.0. The number of aromatic carboxylic acids is 1. The zero-order valence-corrected chi connectivity index (χ0v) is 26.4. The summed E-state index contributed by atoms with van der Waals surface area (Å²) in [7, 11) is 1.42. The third kappa shape index (κ3) is 6.74. The number of rotatable bonds is 11. The molecule has 236 valence electrons. The van der Waals surface area contributed by atoms with E-state index >= 15 is 0 Å². The molecular formula is C36H42N4O5. The normalized spacial score (nSPS) is 18.4. The van der Waals surface area contributed by atoms with E-state index in [0.29, 0.717) is 30.3 Å². The minimum absolute atomic E-state index is 0.0259. The first-order chi connectivity index (χ1) is 21.9. The second kappa shape index (κ2) is 13.8. The van der Waals surface area contributed by atoms with E-state index in [1.165, 1.54) is 54.8 Å². The van der Waals surface area contributed by atoms with Crippen molar-refractivity contribution in [3.8, 4) is 28.7 Å². The summed E-state index contributed by atoms with van der Waals surface area (Å²) in [5.74, 6) is 0.223. The second-order valence-corrected chi connectivity index (χ2v) is 12.0. The molecule has 0 amide bonds. The summed E-state index contributed by atoms with van der Waals surface area (Å²) in [6.45, 7) is 7.65. The molecule has 3 heterocycles. The van der Waals surface area contributed by atoms with E-state index in [1.54, 1.807) is 6.07 Å². The first-order valence-electron chi connectivity index (χ1n) is 16.0. The van der Waals surface area contributed by atoms with Gasteiger partial charge in [-0.2, -0.15) is 9.78 Å². The summed E-state index contributed by atoms with van der Waals surface area (Å²) in [6, 6.07) is 19.0. The van der Waals surface area contributed by atoms with Gasteiger partial charge in [0.1, 0.15) is 17.9 Å². The van der Waals surface area contributed by atoms with E-state index in [0.717, 1.165) is 55.0 Å². The molecule has 2 aromatic carbocycles. The molecule has 45 heavy (non-hydrogen) atoms. The van der Waals surface area contributed by atoms with Crippen LogP contribution in [-0.2, 0) is 24.3 Å². The molecule has 0 bridgehead atoms. The van der Waals surface area contributed by atoms with Crippen LogP contribution in [0.3, 0.4) is 0 Å². The Bertz CT molecular complexity index is 1640. The van der Waals surface area contributed by atoms with Crippen molar-refractivity contribution < 1.29 is 24.1 Å². The van der Waals surface area contributed by atoms with Crippen molar-refractivity contribution in [1.82, 2.24) is 19.7 Å². The minimum atomic E-state index is -1.11. The zero-order chi connectivity index (χ0) is 31.3. The molecule has 0 unspecified atom stereocenters. The summed E-state index contributed by atoms with van der Waals surface area (Å²) in [5.41, 5.74) is 6.51. The first kappa shape index (κ1) is 30.8. The van der Waals surface area contributed by atoms with Crippen LogP contribution in [-0.4, -0.2) is 63.1 Å². The van der Waals surface area contributed by atoms with Crippen LogP contribution in [0.5, 0.6) is 11.6 Å². The lowest BCUT2D eigenvalue weighted by Gasteiger charge is -2.39. The lowest BCUT2D eigenvalue weighted by Crippen LogP contribution is -2.42. The largest absolute Gasteiger partial charge is 0.488 e. The van der Waals surface area contributed by atoms with Gasteiger partial charge in [0.05, 0.1) is 25.1 Å². The van der Waals surface area contributed by atoms with E-state index in [9.17, 15) is 9.90 Å². The van der Waals surface area contributed by atoms with Crippen LogP contribution in [0.15, 0.2) is 60.8 Å². The number of fused-ring (bicyclic) bond motifs is 1. The van der Waals surface area contributed by atoms with Crippen LogP contribution in [0.1, 0.15) is 71.6 Å². The monoisotopic (exact) mass is 610 g/mol. The van der Waals surface area contributed by atoms with Crippen molar-refractivity contribution in [3.05, 3.63) is 88.6 Å². The van der Waals surface area contributed by atoms with Gasteiger partial charge in [0, 0.05) is 31.3 Å². The molecule has 1 aliphatic heterocycles. The van der Waals surface area contributed by atoms with Gasteiger partial charge < -0.3 is 19.3 Å². The molecule has 4 aromatic rings. The van der Waals surface area contributed by atoms with Gasteiger partial charge in [-0.05, 0) is 85.9 Å². The van der Waals surface area contributed by atoms with E-state index < -0.39 is 5.97 Å². The van der Waals surface area contributed by atoms with E-state index in [4.69, 9.17) is 19.2 Å². The fourth-order valence-corrected chi connectivity index (χ4v) is 6.63. The fourth-order valence-electron chi connectivity index (χ4n) is 6.63. The van der Waals surface area contributed by atoms with Crippen molar-refractivity contribution in [2.45, 2.75) is 77.7 Å². The number of para-hydroxylation sites is 1. The Labute approximate surface area is 264 Å². The van der Waals surface area contributed by atoms with Crippen molar-refractivity contribution >= 4 is 5.97 Å². The van der Waals surface area contributed by atoms with Crippen LogP contribution in [0.4, 0.5) is 0 Å². The van der Waals surface area contributed by atoms with Gasteiger partial charge in [-0.25, -0.2) is 9.78 Å².